The lowest BCUT2D eigenvalue weighted by Gasteiger charge is -2.27. The first-order valence-corrected chi connectivity index (χ1v) is 10.3. The van der Waals surface area contributed by atoms with Gasteiger partial charge in [0.15, 0.2) is 0 Å². The number of ether oxygens (including phenoxy) is 1. The van der Waals surface area contributed by atoms with E-state index in [0.29, 0.717) is 18.9 Å². The minimum Gasteiger partial charge on any atom is -0.381 e. The van der Waals surface area contributed by atoms with Crippen molar-refractivity contribution in [2.24, 2.45) is 11.7 Å². The van der Waals surface area contributed by atoms with Crippen LogP contribution in [-0.2, 0) is 24.3 Å². The van der Waals surface area contributed by atoms with E-state index in [1.54, 1.807) is 12.1 Å². The van der Waals surface area contributed by atoms with E-state index in [4.69, 9.17) is 10.5 Å². The van der Waals surface area contributed by atoms with E-state index >= 15 is 0 Å². The summed E-state index contributed by atoms with van der Waals surface area (Å²) < 4.78 is 31.9. The molecular formula is C17H24N4O5S. The first kappa shape index (κ1) is 19.7. The molecule has 3 rings (SSSR count). The highest BCUT2D eigenvalue weighted by Gasteiger charge is 2.30. The highest BCUT2D eigenvalue weighted by molar-refractivity contribution is 7.89. The van der Waals surface area contributed by atoms with Gasteiger partial charge >= 0.3 is 0 Å². The summed E-state index contributed by atoms with van der Waals surface area (Å²) in [5.41, 5.74) is 6.41. The number of piperazine rings is 1. The van der Waals surface area contributed by atoms with Gasteiger partial charge < -0.3 is 21.1 Å². The number of nitrogens with zero attached hydrogens (tertiary/aromatic N) is 1. The van der Waals surface area contributed by atoms with Crippen LogP contribution < -0.4 is 16.4 Å². The van der Waals surface area contributed by atoms with Gasteiger partial charge in [-0.2, -0.15) is 4.31 Å². The smallest absolute Gasteiger partial charge is 0.243 e. The van der Waals surface area contributed by atoms with Crippen molar-refractivity contribution in [1.29, 1.82) is 0 Å². The van der Waals surface area contributed by atoms with Gasteiger partial charge in [-0.3, -0.25) is 9.59 Å². The van der Waals surface area contributed by atoms with Gasteiger partial charge in [0.2, 0.25) is 21.8 Å². The molecule has 1 aromatic rings. The second-order valence-electron chi connectivity index (χ2n) is 6.68. The second-order valence-corrected chi connectivity index (χ2v) is 8.62. The second kappa shape index (κ2) is 8.34. The van der Waals surface area contributed by atoms with E-state index in [1.165, 1.54) is 12.1 Å². The quantitative estimate of drug-likeness (QED) is 0.615. The number of nitrogens with one attached hydrogen (secondary N) is 2. The van der Waals surface area contributed by atoms with Gasteiger partial charge in [0.25, 0.3) is 0 Å². The summed E-state index contributed by atoms with van der Waals surface area (Å²) >= 11 is 0. The van der Waals surface area contributed by atoms with E-state index in [1.807, 2.05) is 0 Å². The first-order chi connectivity index (χ1) is 12.9. The topological polar surface area (TPSA) is 131 Å². The molecule has 2 fully saturated rings. The van der Waals surface area contributed by atoms with Crippen LogP contribution in [0.5, 0.6) is 0 Å². The van der Waals surface area contributed by atoms with Gasteiger partial charge in [-0.25, -0.2) is 8.42 Å². The lowest BCUT2D eigenvalue weighted by atomic mass is 9.92. The normalized spacial score (nSPS) is 20.7. The Morgan fingerprint density at radius 2 is 2.07 bits per heavy atom. The fraction of sp³-hybridized carbons (Fsp3) is 0.529. The third kappa shape index (κ3) is 4.64. The molecule has 1 aromatic carbocycles. The van der Waals surface area contributed by atoms with Crippen LogP contribution in [0.1, 0.15) is 12.8 Å². The zero-order chi connectivity index (χ0) is 19.4. The summed E-state index contributed by atoms with van der Waals surface area (Å²) in [6, 6.07) is 5.30. The molecule has 2 saturated heterocycles. The maximum atomic E-state index is 12.7. The summed E-state index contributed by atoms with van der Waals surface area (Å²) in [5, 5.41) is 5.29. The van der Waals surface area contributed by atoms with Crippen LogP contribution in [0.15, 0.2) is 29.2 Å². The number of hydrogen-bond acceptors (Lipinski definition) is 6. The van der Waals surface area contributed by atoms with Crippen molar-refractivity contribution in [3.8, 4) is 0 Å². The molecule has 0 spiro atoms. The molecule has 2 aliphatic heterocycles. The van der Waals surface area contributed by atoms with Crippen LogP contribution in [0.25, 0.3) is 0 Å². The van der Waals surface area contributed by atoms with E-state index in [9.17, 15) is 18.0 Å². The molecule has 2 amide bonds. The minimum atomic E-state index is -3.82. The van der Waals surface area contributed by atoms with E-state index in [0.717, 1.165) is 17.1 Å². The molecule has 2 heterocycles. The van der Waals surface area contributed by atoms with Gasteiger partial charge in [0.05, 0.1) is 17.5 Å². The standard InChI is InChI=1S/C17H24N4O5S/c18-16(12-4-8-26-9-5-12)17(23)20-13-2-1-3-14(10-13)27(24,25)21-7-6-19-15(22)11-21/h1-3,10,12,16H,4-9,11,18H2,(H,19,22)(H,20,23). The van der Waals surface area contributed by atoms with Crippen LogP contribution in [0, 0.1) is 5.92 Å². The Bertz CT molecular complexity index is 807. The Morgan fingerprint density at radius 1 is 1.33 bits per heavy atom. The average Bonchev–Trinajstić information content (AvgIpc) is 2.68. The van der Waals surface area contributed by atoms with Crippen LogP contribution in [-0.4, -0.2) is 63.4 Å². The summed E-state index contributed by atoms with van der Waals surface area (Å²) in [6.45, 7) is 1.44. The number of rotatable bonds is 5. The molecule has 9 nitrogen and oxygen atoms in total. The van der Waals surface area contributed by atoms with Crippen molar-refractivity contribution in [3.63, 3.8) is 0 Å². The molecule has 0 aliphatic carbocycles. The number of amides is 2. The number of carbonyl (C=O) groups is 2. The lowest BCUT2D eigenvalue weighted by Crippen LogP contribution is -2.49. The zero-order valence-electron chi connectivity index (χ0n) is 14.9. The Kier molecular flexibility index (Phi) is 6.10. The van der Waals surface area contributed by atoms with Gasteiger partial charge in [0, 0.05) is 32.0 Å². The van der Waals surface area contributed by atoms with E-state index in [2.05, 4.69) is 10.6 Å². The fourth-order valence-electron chi connectivity index (χ4n) is 3.22. The number of carbonyl (C=O) groups excluding carboxylic acids is 2. The minimum absolute atomic E-state index is 0.0228. The highest BCUT2D eigenvalue weighted by Crippen LogP contribution is 2.22. The molecule has 2 aliphatic rings. The van der Waals surface area contributed by atoms with Crippen LogP contribution in [0.4, 0.5) is 5.69 Å². The summed E-state index contributed by atoms with van der Waals surface area (Å²) in [7, 11) is -3.82. The van der Waals surface area contributed by atoms with Crippen molar-refractivity contribution in [2.75, 3.05) is 38.2 Å². The Labute approximate surface area is 158 Å². The van der Waals surface area contributed by atoms with Gasteiger partial charge in [-0.15, -0.1) is 0 Å². The fourth-order valence-corrected chi connectivity index (χ4v) is 4.66. The Balaban J connectivity index is 1.71. The van der Waals surface area contributed by atoms with Crippen molar-refractivity contribution in [3.05, 3.63) is 24.3 Å². The average molecular weight is 396 g/mol. The summed E-state index contributed by atoms with van der Waals surface area (Å²) in [4.78, 5) is 23.9. The van der Waals surface area contributed by atoms with Crippen LogP contribution in [0.3, 0.4) is 0 Å². The number of benzene rings is 1. The predicted molar refractivity (Wildman–Crippen MR) is 98.4 cm³/mol. The van der Waals surface area contributed by atoms with Crippen LogP contribution >= 0.6 is 0 Å². The number of sulfonamides is 1. The molecule has 1 atom stereocenters. The molecule has 0 radical (unpaired) electrons. The van der Waals surface area contributed by atoms with E-state index in [-0.39, 0.29) is 42.3 Å². The van der Waals surface area contributed by atoms with Gasteiger partial charge in [-0.1, -0.05) is 6.07 Å². The SMILES string of the molecule is NC(C(=O)Nc1cccc(S(=O)(=O)N2CCNC(=O)C2)c1)C1CCOCC1. The molecule has 148 valence electrons. The molecule has 4 N–H and O–H groups in total. The highest BCUT2D eigenvalue weighted by atomic mass is 32.2. The number of anilines is 1. The molecule has 0 bridgehead atoms. The molecule has 27 heavy (non-hydrogen) atoms. The maximum absolute atomic E-state index is 12.7. The monoisotopic (exact) mass is 396 g/mol. The van der Waals surface area contributed by atoms with Crippen LogP contribution in [0.2, 0.25) is 0 Å². The number of hydrogen-bond donors (Lipinski definition) is 3. The predicted octanol–water partition coefficient (Wildman–Crippen LogP) is -0.500. The zero-order valence-corrected chi connectivity index (χ0v) is 15.7. The largest absolute Gasteiger partial charge is 0.381 e. The molecular weight excluding hydrogens is 372 g/mol. The molecule has 10 heteroatoms. The summed E-state index contributed by atoms with van der Waals surface area (Å²) in [6.07, 6.45) is 1.44. The third-order valence-corrected chi connectivity index (χ3v) is 6.66. The molecule has 0 aromatic heterocycles. The van der Waals surface area contributed by atoms with E-state index < -0.39 is 16.1 Å². The Hall–Kier alpha value is -2.01. The summed E-state index contributed by atoms with van der Waals surface area (Å²) in [5.74, 6) is -0.650. The third-order valence-electron chi connectivity index (χ3n) is 4.82. The number of nitrogens with two attached hydrogens (primary N) is 1. The maximum Gasteiger partial charge on any atom is 0.243 e. The van der Waals surface area contributed by atoms with Crippen molar-refractivity contribution < 1.29 is 22.7 Å². The Morgan fingerprint density at radius 3 is 2.78 bits per heavy atom. The van der Waals surface area contributed by atoms with Gasteiger partial charge in [-0.05, 0) is 37.0 Å². The molecule has 1 unspecified atom stereocenters. The molecule has 0 saturated carbocycles. The van der Waals surface area contributed by atoms with Crippen molar-refractivity contribution in [1.82, 2.24) is 9.62 Å². The first-order valence-electron chi connectivity index (χ1n) is 8.89. The van der Waals surface area contributed by atoms with Gasteiger partial charge in [0.1, 0.15) is 0 Å². The van der Waals surface area contributed by atoms with Crippen molar-refractivity contribution >= 4 is 27.5 Å². The van der Waals surface area contributed by atoms with Crippen molar-refractivity contribution in [2.45, 2.75) is 23.8 Å². The lowest BCUT2D eigenvalue weighted by molar-refractivity contribution is -0.122.